The number of benzene rings is 2. The third-order valence-corrected chi connectivity index (χ3v) is 3.81. The lowest BCUT2D eigenvalue weighted by molar-refractivity contribution is -0.384. The van der Waals surface area contributed by atoms with Crippen LogP contribution in [0.5, 0.6) is 5.75 Å². The highest BCUT2D eigenvalue weighted by molar-refractivity contribution is 7.99. The van der Waals surface area contributed by atoms with E-state index >= 15 is 0 Å². The Morgan fingerprint density at radius 2 is 1.96 bits per heavy atom. The minimum absolute atomic E-state index is 0.0461. The first-order valence-electron chi connectivity index (χ1n) is 6.86. The molecule has 1 N–H and O–H groups in total. The van der Waals surface area contributed by atoms with Gasteiger partial charge < -0.3 is 10.1 Å². The number of nitro benzene ring substituents is 1. The molecule has 0 aliphatic rings. The van der Waals surface area contributed by atoms with Crippen molar-refractivity contribution in [1.82, 2.24) is 0 Å². The van der Waals surface area contributed by atoms with Crippen molar-refractivity contribution in [3.05, 3.63) is 58.6 Å². The van der Waals surface area contributed by atoms with Gasteiger partial charge in [-0.2, -0.15) is 5.26 Å². The van der Waals surface area contributed by atoms with Crippen LogP contribution in [0.2, 0.25) is 0 Å². The molecule has 0 aliphatic heterocycles. The summed E-state index contributed by atoms with van der Waals surface area (Å²) in [6.07, 6.45) is 0. The van der Waals surface area contributed by atoms with Crippen LogP contribution >= 0.6 is 11.8 Å². The van der Waals surface area contributed by atoms with Crippen molar-refractivity contribution in [1.29, 1.82) is 5.26 Å². The van der Waals surface area contributed by atoms with E-state index in [9.17, 15) is 14.9 Å². The van der Waals surface area contributed by atoms with Gasteiger partial charge in [-0.25, -0.2) is 0 Å². The summed E-state index contributed by atoms with van der Waals surface area (Å²) in [6.45, 7) is -0.227. The number of hydrogen-bond acceptors (Lipinski definition) is 6. The first kappa shape index (κ1) is 17.3. The van der Waals surface area contributed by atoms with Crippen LogP contribution in [0.15, 0.2) is 53.4 Å². The molecule has 1 amide bonds. The average Bonchev–Trinajstić information content (AvgIpc) is 2.59. The first-order chi connectivity index (χ1) is 11.6. The molecular weight excluding hydrogens is 330 g/mol. The number of para-hydroxylation sites is 1. The maximum Gasteiger partial charge on any atom is 0.269 e. The quantitative estimate of drug-likeness (QED) is 0.470. The van der Waals surface area contributed by atoms with E-state index in [1.54, 1.807) is 12.1 Å². The molecule has 2 aromatic rings. The third-order valence-electron chi connectivity index (χ3n) is 2.87. The number of ether oxygens (including phenoxy) is 1. The SMILES string of the molecule is N#CCSc1ccccc1NC(=O)COc1ccc([N+](=O)[O-])cc1. The fourth-order valence-corrected chi connectivity index (χ4v) is 2.47. The number of nitrogens with one attached hydrogen (secondary N) is 1. The lowest BCUT2D eigenvalue weighted by Crippen LogP contribution is -2.20. The molecule has 7 nitrogen and oxygen atoms in total. The normalized spacial score (nSPS) is 9.79. The summed E-state index contributed by atoms with van der Waals surface area (Å²) in [4.78, 5) is 22.8. The molecule has 24 heavy (non-hydrogen) atoms. The topological polar surface area (TPSA) is 105 Å². The molecule has 0 fully saturated rings. The molecule has 0 radical (unpaired) electrons. The molecule has 0 aromatic heterocycles. The van der Waals surface area contributed by atoms with Crippen LogP contribution in [0.25, 0.3) is 0 Å². The van der Waals surface area contributed by atoms with E-state index in [-0.39, 0.29) is 24.0 Å². The Morgan fingerprint density at radius 1 is 1.25 bits per heavy atom. The van der Waals surface area contributed by atoms with Gasteiger partial charge in [0.2, 0.25) is 0 Å². The molecule has 0 unspecified atom stereocenters. The maximum absolute atomic E-state index is 12.0. The largest absolute Gasteiger partial charge is 0.484 e. The summed E-state index contributed by atoms with van der Waals surface area (Å²) in [6, 6.07) is 14.7. The van der Waals surface area contributed by atoms with E-state index in [2.05, 4.69) is 5.32 Å². The summed E-state index contributed by atoms with van der Waals surface area (Å²) < 4.78 is 5.30. The van der Waals surface area contributed by atoms with Crippen molar-refractivity contribution in [3.8, 4) is 11.8 Å². The molecule has 2 aromatic carbocycles. The lowest BCUT2D eigenvalue weighted by atomic mass is 10.3. The molecule has 0 saturated heterocycles. The van der Waals surface area contributed by atoms with E-state index in [0.717, 1.165) is 4.90 Å². The van der Waals surface area contributed by atoms with Crippen LogP contribution in [0.3, 0.4) is 0 Å². The van der Waals surface area contributed by atoms with Gasteiger partial charge in [-0.05, 0) is 24.3 Å². The van der Waals surface area contributed by atoms with Gasteiger partial charge >= 0.3 is 0 Å². The fourth-order valence-electron chi connectivity index (χ4n) is 1.81. The van der Waals surface area contributed by atoms with Gasteiger partial charge in [-0.3, -0.25) is 14.9 Å². The molecule has 0 saturated carbocycles. The second-order valence-corrected chi connectivity index (χ2v) is 5.55. The van der Waals surface area contributed by atoms with Gasteiger partial charge in [0, 0.05) is 17.0 Å². The number of rotatable bonds is 7. The number of thioether (sulfide) groups is 1. The number of amides is 1. The van der Waals surface area contributed by atoms with Gasteiger partial charge in [0.15, 0.2) is 6.61 Å². The molecule has 0 aliphatic carbocycles. The lowest BCUT2D eigenvalue weighted by Gasteiger charge is -2.10. The number of hydrogen-bond donors (Lipinski definition) is 1. The van der Waals surface area contributed by atoms with Crippen molar-refractivity contribution >= 4 is 29.0 Å². The van der Waals surface area contributed by atoms with Crippen molar-refractivity contribution in [3.63, 3.8) is 0 Å². The highest BCUT2D eigenvalue weighted by Crippen LogP contribution is 2.26. The van der Waals surface area contributed by atoms with Crippen LogP contribution in [-0.2, 0) is 4.79 Å². The second-order valence-electron chi connectivity index (χ2n) is 4.53. The predicted octanol–water partition coefficient (Wildman–Crippen LogP) is 3.23. The van der Waals surface area contributed by atoms with E-state index in [4.69, 9.17) is 10.00 Å². The van der Waals surface area contributed by atoms with Gasteiger partial charge in [-0.1, -0.05) is 12.1 Å². The van der Waals surface area contributed by atoms with Gasteiger partial charge in [0.05, 0.1) is 22.4 Å². The number of nitrogens with zero attached hydrogens (tertiary/aromatic N) is 2. The van der Waals surface area contributed by atoms with Crippen LogP contribution in [0.1, 0.15) is 0 Å². The molecular formula is C16H13N3O4S. The zero-order chi connectivity index (χ0) is 17.4. The molecule has 0 spiro atoms. The monoisotopic (exact) mass is 343 g/mol. The number of non-ortho nitro benzene ring substituents is 1. The van der Waals surface area contributed by atoms with E-state index < -0.39 is 4.92 Å². The Hall–Kier alpha value is -3.05. The van der Waals surface area contributed by atoms with Gasteiger partial charge in [0.25, 0.3) is 11.6 Å². The number of carbonyl (C=O) groups is 1. The minimum Gasteiger partial charge on any atom is -0.484 e. The Bertz CT molecular complexity index is 772. The Balaban J connectivity index is 1.92. The number of nitriles is 1. The van der Waals surface area contributed by atoms with E-state index in [1.807, 2.05) is 18.2 Å². The molecule has 8 heteroatoms. The van der Waals surface area contributed by atoms with Crippen LogP contribution in [0.4, 0.5) is 11.4 Å². The zero-order valence-corrected chi connectivity index (χ0v) is 13.3. The minimum atomic E-state index is -0.508. The average molecular weight is 343 g/mol. The summed E-state index contributed by atoms with van der Waals surface area (Å²) in [7, 11) is 0. The smallest absolute Gasteiger partial charge is 0.269 e. The second kappa shape index (κ2) is 8.55. The molecule has 0 bridgehead atoms. The summed E-state index contributed by atoms with van der Waals surface area (Å²) in [5, 5.41) is 21.9. The summed E-state index contributed by atoms with van der Waals surface area (Å²) in [5.74, 6) is 0.285. The van der Waals surface area contributed by atoms with E-state index in [1.165, 1.54) is 36.0 Å². The van der Waals surface area contributed by atoms with Crippen LogP contribution in [0, 0.1) is 21.4 Å². The van der Waals surface area contributed by atoms with Gasteiger partial charge in [-0.15, -0.1) is 11.8 Å². The van der Waals surface area contributed by atoms with Crippen molar-refractivity contribution in [2.24, 2.45) is 0 Å². The highest BCUT2D eigenvalue weighted by Gasteiger charge is 2.09. The first-order valence-corrected chi connectivity index (χ1v) is 7.84. The van der Waals surface area contributed by atoms with Crippen molar-refractivity contribution in [2.45, 2.75) is 4.90 Å². The number of carbonyl (C=O) groups excluding carboxylic acids is 1. The molecule has 2 rings (SSSR count). The molecule has 0 atom stereocenters. The van der Waals surface area contributed by atoms with Crippen molar-refractivity contribution in [2.75, 3.05) is 17.7 Å². The summed E-state index contributed by atoms with van der Waals surface area (Å²) in [5.41, 5.74) is 0.560. The Morgan fingerprint density at radius 3 is 2.62 bits per heavy atom. The standard InChI is InChI=1S/C16H13N3O4S/c17-9-10-24-15-4-2-1-3-14(15)18-16(20)11-23-13-7-5-12(6-8-13)19(21)22/h1-8H,10-11H2,(H,18,20). The van der Waals surface area contributed by atoms with Crippen LogP contribution in [-0.4, -0.2) is 23.2 Å². The Labute approximate surface area is 142 Å². The number of nitro groups is 1. The van der Waals surface area contributed by atoms with Crippen LogP contribution < -0.4 is 10.1 Å². The van der Waals surface area contributed by atoms with Gasteiger partial charge in [0.1, 0.15) is 5.75 Å². The maximum atomic E-state index is 12.0. The zero-order valence-electron chi connectivity index (χ0n) is 12.5. The third kappa shape index (κ3) is 5.00. The predicted molar refractivity (Wildman–Crippen MR) is 90.0 cm³/mol. The Kier molecular flexibility index (Phi) is 6.16. The fraction of sp³-hybridized carbons (Fsp3) is 0.125. The molecule has 0 heterocycles. The van der Waals surface area contributed by atoms with E-state index in [0.29, 0.717) is 11.4 Å². The van der Waals surface area contributed by atoms with Crippen molar-refractivity contribution < 1.29 is 14.5 Å². The molecule has 122 valence electrons. The summed E-state index contributed by atoms with van der Waals surface area (Å²) >= 11 is 1.33. The number of anilines is 1. The highest BCUT2D eigenvalue weighted by atomic mass is 32.2.